The molecule has 1 fully saturated rings. The van der Waals surface area contributed by atoms with Crippen molar-refractivity contribution >= 4 is 5.91 Å². The molecule has 1 saturated heterocycles. The molecule has 0 bridgehead atoms. The molecular weight excluding hydrogens is 306 g/mol. The zero-order valence-electron chi connectivity index (χ0n) is 14.8. The van der Waals surface area contributed by atoms with E-state index in [2.05, 4.69) is 22.3 Å². The van der Waals surface area contributed by atoms with Crippen LogP contribution in [-0.4, -0.2) is 75.3 Å². The molecule has 1 aliphatic rings. The van der Waals surface area contributed by atoms with Gasteiger partial charge in [0.05, 0.1) is 19.8 Å². The number of carbonyl (C=O) groups excluding carboxylic acids is 1. The van der Waals surface area contributed by atoms with Gasteiger partial charge in [-0.1, -0.05) is 12.1 Å². The summed E-state index contributed by atoms with van der Waals surface area (Å²) in [5, 5.41) is 3.11. The third kappa shape index (κ3) is 6.11. The second-order valence-corrected chi connectivity index (χ2v) is 5.90. The first-order chi connectivity index (χ1) is 11.7. The molecule has 134 valence electrons. The number of methoxy groups -OCH3 is 1. The van der Waals surface area contributed by atoms with Gasteiger partial charge in [0, 0.05) is 46.4 Å². The minimum atomic E-state index is 0.173. The molecule has 1 amide bonds. The summed E-state index contributed by atoms with van der Waals surface area (Å²) in [6.07, 6.45) is 0. The van der Waals surface area contributed by atoms with E-state index >= 15 is 0 Å². The first kappa shape index (κ1) is 18.7. The van der Waals surface area contributed by atoms with Crippen LogP contribution in [0, 0.1) is 0 Å². The van der Waals surface area contributed by atoms with E-state index in [-0.39, 0.29) is 5.91 Å². The fraction of sp³-hybridized carbons (Fsp3) is 0.611. The lowest BCUT2D eigenvalue weighted by molar-refractivity contribution is -0.132. The summed E-state index contributed by atoms with van der Waals surface area (Å²) in [6, 6.07) is 8.26. The highest BCUT2D eigenvalue weighted by molar-refractivity contribution is 5.78. The number of ether oxygens (including phenoxy) is 2. The van der Waals surface area contributed by atoms with Gasteiger partial charge in [-0.25, -0.2) is 0 Å². The Bertz CT molecular complexity index is 485. The number of rotatable bonds is 9. The zero-order valence-corrected chi connectivity index (χ0v) is 14.8. The van der Waals surface area contributed by atoms with Gasteiger partial charge < -0.3 is 19.7 Å². The van der Waals surface area contributed by atoms with E-state index in [4.69, 9.17) is 9.47 Å². The number of piperazine rings is 1. The molecular formula is C18H29N3O3. The molecule has 1 aliphatic heterocycles. The van der Waals surface area contributed by atoms with Gasteiger partial charge in [-0.05, 0) is 24.6 Å². The number of carbonyl (C=O) groups is 1. The summed E-state index contributed by atoms with van der Waals surface area (Å²) >= 11 is 0. The van der Waals surface area contributed by atoms with Gasteiger partial charge in [-0.3, -0.25) is 9.69 Å². The van der Waals surface area contributed by atoms with Crippen molar-refractivity contribution in [3.8, 4) is 5.75 Å². The first-order valence-corrected chi connectivity index (χ1v) is 8.64. The molecule has 2 rings (SSSR count). The minimum absolute atomic E-state index is 0.173. The van der Waals surface area contributed by atoms with Crippen molar-refractivity contribution in [1.29, 1.82) is 0 Å². The maximum atomic E-state index is 12.1. The monoisotopic (exact) mass is 335 g/mol. The van der Waals surface area contributed by atoms with Crippen molar-refractivity contribution in [2.24, 2.45) is 0 Å². The van der Waals surface area contributed by atoms with Crippen LogP contribution < -0.4 is 10.1 Å². The fourth-order valence-electron chi connectivity index (χ4n) is 2.75. The van der Waals surface area contributed by atoms with Crippen LogP contribution in [0.25, 0.3) is 0 Å². The molecule has 0 unspecified atom stereocenters. The van der Waals surface area contributed by atoms with Crippen molar-refractivity contribution in [2.75, 3.05) is 59.6 Å². The van der Waals surface area contributed by atoms with Gasteiger partial charge in [0.15, 0.2) is 0 Å². The smallest absolute Gasteiger partial charge is 0.236 e. The standard InChI is InChI=1S/C18H29N3O3/c1-3-24-17-6-4-16(5-7-17)15-20-9-11-21(12-10-20)18(22)14-19-8-13-23-2/h4-7,19H,3,8-15H2,1-2H3. The third-order valence-electron chi connectivity index (χ3n) is 4.12. The number of nitrogens with one attached hydrogen (secondary N) is 1. The van der Waals surface area contributed by atoms with E-state index < -0.39 is 0 Å². The number of amides is 1. The molecule has 24 heavy (non-hydrogen) atoms. The number of nitrogens with zero attached hydrogens (tertiary/aromatic N) is 2. The van der Waals surface area contributed by atoms with E-state index in [1.165, 1.54) is 5.56 Å². The van der Waals surface area contributed by atoms with Crippen LogP contribution >= 0.6 is 0 Å². The van der Waals surface area contributed by atoms with E-state index in [0.29, 0.717) is 26.3 Å². The van der Waals surface area contributed by atoms with E-state index in [1.54, 1.807) is 7.11 Å². The molecule has 6 nitrogen and oxygen atoms in total. The lowest BCUT2D eigenvalue weighted by Gasteiger charge is -2.34. The van der Waals surface area contributed by atoms with Gasteiger partial charge in [-0.2, -0.15) is 0 Å². The summed E-state index contributed by atoms with van der Waals surface area (Å²) in [5.41, 5.74) is 1.28. The van der Waals surface area contributed by atoms with Gasteiger partial charge >= 0.3 is 0 Å². The van der Waals surface area contributed by atoms with Crippen molar-refractivity contribution in [1.82, 2.24) is 15.1 Å². The summed E-state index contributed by atoms with van der Waals surface area (Å²) < 4.78 is 10.4. The molecule has 6 heteroatoms. The Labute approximate surface area is 144 Å². The topological polar surface area (TPSA) is 54.0 Å². The van der Waals surface area contributed by atoms with E-state index in [9.17, 15) is 4.79 Å². The zero-order chi connectivity index (χ0) is 17.2. The molecule has 1 N–H and O–H groups in total. The normalized spacial score (nSPS) is 15.5. The predicted molar refractivity (Wildman–Crippen MR) is 94.2 cm³/mol. The van der Waals surface area contributed by atoms with Crippen LogP contribution in [0.15, 0.2) is 24.3 Å². The molecule has 0 saturated carbocycles. The molecule has 0 radical (unpaired) electrons. The largest absolute Gasteiger partial charge is 0.494 e. The molecule has 1 heterocycles. The van der Waals surface area contributed by atoms with Gasteiger partial charge in [0.25, 0.3) is 0 Å². The highest BCUT2D eigenvalue weighted by atomic mass is 16.5. The van der Waals surface area contributed by atoms with Crippen molar-refractivity contribution in [3.63, 3.8) is 0 Å². The fourth-order valence-corrected chi connectivity index (χ4v) is 2.75. The Morgan fingerprint density at radius 3 is 2.50 bits per heavy atom. The number of hydrogen-bond donors (Lipinski definition) is 1. The first-order valence-electron chi connectivity index (χ1n) is 8.64. The molecule has 0 atom stereocenters. The average molecular weight is 335 g/mol. The quantitative estimate of drug-likeness (QED) is 0.682. The van der Waals surface area contributed by atoms with Crippen LogP contribution in [0.3, 0.4) is 0 Å². The number of benzene rings is 1. The molecule has 0 spiro atoms. The SMILES string of the molecule is CCOc1ccc(CN2CCN(C(=O)CNCCOC)CC2)cc1. The lowest BCUT2D eigenvalue weighted by Crippen LogP contribution is -2.50. The summed E-state index contributed by atoms with van der Waals surface area (Å²) in [6.45, 7) is 8.74. The summed E-state index contributed by atoms with van der Waals surface area (Å²) in [4.78, 5) is 16.4. The van der Waals surface area contributed by atoms with E-state index in [1.807, 2.05) is 24.0 Å². The van der Waals surface area contributed by atoms with Crippen LogP contribution in [0.4, 0.5) is 0 Å². The van der Waals surface area contributed by atoms with E-state index in [0.717, 1.165) is 38.5 Å². The minimum Gasteiger partial charge on any atom is -0.494 e. The second-order valence-electron chi connectivity index (χ2n) is 5.90. The third-order valence-corrected chi connectivity index (χ3v) is 4.12. The Balaban J connectivity index is 1.69. The molecule has 0 aromatic heterocycles. The predicted octanol–water partition coefficient (Wildman–Crippen LogP) is 0.966. The molecule has 1 aromatic carbocycles. The van der Waals surface area contributed by atoms with Gasteiger partial charge in [-0.15, -0.1) is 0 Å². The van der Waals surface area contributed by atoms with Gasteiger partial charge in [0.2, 0.25) is 5.91 Å². The number of hydrogen-bond acceptors (Lipinski definition) is 5. The van der Waals surface area contributed by atoms with Crippen molar-refractivity contribution in [3.05, 3.63) is 29.8 Å². The lowest BCUT2D eigenvalue weighted by atomic mass is 10.2. The molecule has 1 aromatic rings. The molecule has 0 aliphatic carbocycles. The van der Waals surface area contributed by atoms with Crippen LogP contribution in [-0.2, 0) is 16.1 Å². The van der Waals surface area contributed by atoms with Crippen molar-refractivity contribution in [2.45, 2.75) is 13.5 Å². The summed E-state index contributed by atoms with van der Waals surface area (Å²) in [5.74, 6) is 1.09. The van der Waals surface area contributed by atoms with Crippen LogP contribution in [0.5, 0.6) is 5.75 Å². The van der Waals surface area contributed by atoms with Gasteiger partial charge in [0.1, 0.15) is 5.75 Å². The highest BCUT2D eigenvalue weighted by Gasteiger charge is 2.20. The van der Waals surface area contributed by atoms with Crippen LogP contribution in [0.1, 0.15) is 12.5 Å². The van der Waals surface area contributed by atoms with Crippen molar-refractivity contribution < 1.29 is 14.3 Å². The Morgan fingerprint density at radius 1 is 1.17 bits per heavy atom. The highest BCUT2D eigenvalue weighted by Crippen LogP contribution is 2.14. The summed E-state index contributed by atoms with van der Waals surface area (Å²) in [7, 11) is 1.66. The Hall–Kier alpha value is -1.63. The Morgan fingerprint density at radius 2 is 1.88 bits per heavy atom. The Kier molecular flexibility index (Phi) is 8.01. The maximum Gasteiger partial charge on any atom is 0.236 e. The second kappa shape index (κ2) is 10.3. The van der Waals surface area contributed by atoms with Crippen LogP contribution in [0.2, 0.25) is 0 Å². The maximum absolute atomic E-state index is 12.1. The average Bonchev–Trinajstić information content (AvgIpc) is 2.61.